The fraction of sp³-hybridized carbons (Fsp3) is 0.417. The van der Waals surface area contributed by atoms with Crippen molar-refractivity contribution in [3.05, 3.63) is 34.4 Å². The maximum Gasteiger partial charge on any atom is 0.338 e. The lowest BCUT2D eigenvalue weighted by molar-refractivity contribution is -0.282. The van der Waals surface area contributed by atoms with Crippen LogP contribution in [-0.2, 0) is 21.1 Å². The number of ether oxygens (including phenoxy) is 1. The van der Waals surface area contributed by atoms with E-state index in [0.29, 0.717) is 5.56 Å². The molecular formula is C12H16O4. The third-order valence-electron chi connectivity index (χ3n) is 2.54. The van der Waals surface area contributed by atoms with Gasteiger partial charge in [0.05, 0.1) is 19.8 Å². The van der Waals surface area contributed by atoms with Crippen LogP contribution in [0.5, 0.6) is 0 Å². The van der Waals surface area contributed by atoms with Crippen molar-refractivity contribution in [2.24, 2.45) is 0 Å². The normalized spacial score (nSPS) is 10.2. The zero-order valence-electron chi connectivity index (χ0n) is 9.99. The molecule has 1 aromatic carbocycles. The molecule has 0 atom stereocenters. The highest BCUT2D eigenvalue weighted by atomic mass is 17.2. The van der Waals surface area contributed by atoms with Crippen LogP contribution in [0.2, 0.25) is 0 Å². The number of esters is 1. The fourth-order valence-electron chi connectivity index (χ4n) is 1.50. The van der Waals surface area contributed by atoms with Gasteiger partial charge in [0.2, 0.25) is 0 Å². The average Bonchev–Trinajstić information content (AvgIpc) is 2.29. The molecule has 1 rings (SSSR count). The van der Waals surface area contributed by atoms with Crippen molar-refractivity contribution in [1.82, 2.24) is 0 Å². The first-order chi connectivity index (χ1) is 7.61. The van der Waals surface area contributed by atoms with Crippen LogP contribution in [0.25, 0.3) is 0 Å². The van der Waals surface area contributed by atoms with Crippen LogP contribution in [0.1, 0.15) is 27.0 Å². The minimum Gasteiger partial charge on any atom is -0.465 e. The molecule has 4 nitrogen and oxygen atoms in total. The van der Waals surface area contributed by atoms with E-state index in [-0.39, 0.29) is 12.6 Å². The Kier molecular flexibility index (Phi) is 4.46. The fourth-order valence-corrected chi connectivity index (χ4v) is 1.50. The highest BCUT2D eigenvalue weighted by Crippen LogP contribution is 2.20. The molecule has 0 fully saturated rings. The van der Waals surface area contributed by atoms with Crippen molar-refractivity contribution in [3.8, 4) is 0 Å². The Morgan fingerprint density at radius 2 is 1.94 bits per heavy atom. The van der Waals surface area contributed by atoms with Crippen LogP contribution in [-0.4, -0.2) is 20.2 Å². The molecule has 1 aromatic rings. The molecule has 0 unspecified atom stereocenters. The molecule has 0 aromatic heterocycles. The summed E-state index contributed by atoms with van der Waals surface area (Å²) in [6.07, 6.45) is 0. The number of hydrogen-bond acceptors (Lipinski definition) is 4. The van der Waals surface area contributed by atoms with Crippen LogP contribution in [0.4, 0.5) is 0 Å². The molecule has 0 heterocycles. The van der Waals surface area contributed by atoms with Gasteiger partial charge in [-0.3, -0.25) is 0 Å². The van der Waals surface area contributed by atoms with Crippen LogP contribution in [0.3, 0.4) is 0 Å². The van der Waals surface area contributed by atoms with E-state index in [4.69, 9.17) is 9.62 Å². The van der Waals surface area contributed by atoms with E-state index >= 15 is 0 Å². The van der Waals surface area contributed by atoms with Crippen LogP contribution in [0, 0.1) is 13.8 Å². The molecule has 16 heavy (non-hydrogen) atoms. The van der Waals surface area contributed by atoms with Crippen molar-refractivity contribution in [3.63, 3.8) is 0 Å². The zero-order valence-corrected chi connectivity index (χ0v) is 9.99. The van der Waals surface area contributed by atoms with E-state index in [9.17, 15) is 4.79 Å². The molecule has 0 amide bonds. The molecule has 0 aliphatic rings. The summed E-state index contributed by atoms with van der Waals surface area (Å²) in [5.74, 6) is -0.351. The molecule has 4 heteroatoms. The molecule has 0 aliphatic carbocycles. The second-order valence-electron chi connectivity index (χ2n) is 3.46. The average molecular weight is 224 g/mol. The standard InChI is InChI=1S/C12H16O4/c1-8-5-6-10(7-16-15-4)11(9(8)2)12(13)14-3/h5-6H,7H2,1-4H3. The lowest BCUT2D eigenvalue weighted by atomic mass is 9.98. The molecule has 88 valence electrons. The molecular weight excluding hydrogens is 208 g/mol. The van der Waals surface area contributed by atoms with Gasteiger partial charge in [-0.1, -0.05) is 12.1 Å². The maximum absolute atomic E-state index is 11.7. The molecule has 0 bridgehead atoms. The van der Waals surface area contributed by atoms with E-state index in [1.165, 1.54) is 14.2 Å². The van der Waals surface area contributed by atoms with E-state index in [1.807, 2.05) is 26.0 Å². The van der Waals surface area contributed by atoms with Gasteiger partial charge in [0.15, 0.2) is 0 Å². The van der Waals surface area contributed by atoms with Crippen molar-refractivity contribution in [1.29, 1.82) is 0 Å². The monoisotopic (exact) mass is 224 g/mol. The van der Waals surface area contributed by atoms with Crippen molar-refractivity contribution < 1.29 is 19.3 Å². The third kappa shape index (κ3) is 2.59. The van der Waals surface area contributed by atoms with Gasteiger partial charge >= 0.3 is 5.97 Å². The van der Waals surface area contributed by atoms with Crippen molar-refractivity contribution in [2.45, 2.75) is 20.5 Å². The van der Waals surface area contributed by atoms with E-state index in [2.05, 4.69) is 4.89 Å². The predicted molar refractivity (Wildman–Crippen MR) is 59.1 cm³/mol. The number of aryl methyl sites for hydroxylation is 1. The minimum atomic E-state index is -0.351. The van der Waals surface area contributed by atoms with E-state index in [0.717, 1.165) is 16.7 Å². The Hall–Kier alpha value is -1.39. The topological polar surface area (TPSA) is 44.8 Å². The quantitative estimate of drug-likeness (QED) is 0.446. The van der Waals surface area contributed by atoms with Gasteiger partial charge in [0.1, 0.15) is 6.61 Å². The van der Waals surface area contributed by atoms with E-state index < -0.39 is 0 Å². The van der Waals surface area contributed by atoms with Crippen molar-refractivity contribution in [2.75, 3.05) is 14.2 Å². The van der Waals surface area contributed by atoms with Gasteiger partial charge in [-0.25, -0.2) is 14.6 Å². The summed E-state index contributed by atoms with van der Waals surface area (Å²) < 4.78 is 4.76. The first-order valence-corrected chi connectivity index (χ1v) is 4.94. The second kappa shape index (κ2) is 5.63. The smallest absolute Gasteiger partial charge is 0.338 e. The summed E-state index contributed by atoms with van der Waals surface area (Å²) in [5, 5.41) is 0. The molecule has 0 radical (unpaired) electrons. The highest BCUT2D eigenvalue weighted by Gasteiger charge is 2.16. The Morgan fingerprint density at radius 1 is 1.25 bits per heavy atom. The van der Waals surface area contributed by atoms with Gasteiger partial charge in [0.25, 0.3) is 0 Å². The largest absolute Gasteiger partial charge is 0.465 e. The maximum atomic E-state index is 11.7. The number of rotatable bonds is 4. The van der Waals surface area contributed by atoms with Crippen LogP contribution >= 0.6 is 0 Å². The molecule has 0 saturated carbocycles. The van der Waals surface area contributed by atoms with Crippen LogP contribution < -0.4 is 0 Å². The highest BCUT2D eigenvalue weighted by molar-refractivity contribution is 5.93. The zero-order chi connectivity index (χ0) is 12.1. The van der Waals surface area contributed by atoms with Gasteiger partial charge in [-0.2, -0.15) is 0 Å². The lowest BCUT2D eigenvalue weighted by Crippen LogP contribution is -2.10. The first-order valence-electron chi connectivity index (χ1n) is 4.94. The summed E-state index contributed by atoms with van der Waals surface area (Å²) in [7, 11) is 2.80. The number of carbonyl (C=O) groups excluding carboxylic acids is 1. The predicted octanol–water partition coefficient (Wildman–Crippen LogP) is 2.17. The number of methoxy groups -OCH3 is 1. The Morgan fingerprint density at radius 3 is 2.50 bits per heavy atom. The molecule has 0 spiro atoms. The van der Waals surface area contributed by atoms with Crippen LogP contribution in [0.15, 0.2) is 12.1 Å². The summed E-state index contributed by atoms with van der Waals surface area (Å²) in [6.45, 7) is 4.06. The Bertz CT molecular complexity index is 385. The molecule has 0 N–H and O–H groups in total. The van der Waals surface area contributed by atoms with E-state index in [1.54, 1.807) is 0 Å². The summed E-state index contributed by atoms with van der Waals surface area (Å²) in [6, 6.07) is 3.78. The Labute approximate surface area is 95.1 Å². The van der Waals surface area contributed by atoms with Gasteiger partial charge in [0, 0.05) is 0 Å². The first kappa shape index (κ1) is 12.7. The van der Waals surface area contributed by atoms with Crippen molar-refractivity contribution >= 4 is 5.97 Å². The molecule has 0 saturated heterocycles. The molecule has 0 aliphatic heterocycles. The number of hydrogen-bond donors (Lipinski definition) is 0. The Balaban J connectivity index is 3.16. The summed E-state index contributed by atoms with van der Waals surface area (Å²) in [5.41, 5.74) is 3.27. The second-order valence-corrected chi connectivity index (χ2v) is 3.46. The van der Waals surface area contributed by atoms with Gasteiger partial charge in [-0.15, -0.1) is 0 Å². The summed E-state index contributed by atoms with van der Waals surface area (Å²) in [4.78, 5) is 21.0. The lowest BCUT2D eigenvalue weighted by Gasteiger charge is -2.12. The number of carbonyl (C=O) groups is 1. The third-order valence-corrected chi connectivity index (χ3v) is 2.54. The summed E-state index contributed by atoms with van der Waals surface area (Å²) >= 11 is 0. The SMILES string of the molecule is COOCc1ccc(C)c(C)c1C(=O)OC. The van der Waals surface area contributed by atoms with Gasteiger partial charge < -0.3 is 4.74 Å². The minimum absolute atomic E-state index is 0.224. The van der Waals surface area contributed by atoms with Gasteiger partial charge in [-0.05, 0) is 30.5 Å². The number of benzene rings is 1.